The molecule has 1 saturated heterocycles. The molecule has 3 heterocycles. The van der Waals surface area contributed by atoms with E-state index in [9.17, 15) is 4.79 Å². The van der Waals surface area contributed by atoms with Gasteiger partial charge in [-0.15, -0.1) is 0 Å². The van der Waals surface area contributed by atoms with Crippen LogP contribution in [0.3, 0.4) is 0 Å². The van der Waals surface area contributed by atoms with Crippen molar-refractivity contribution in [1.82, 2.24) is 4.98 Å². The van der Waals surface area contributed by atoms with E-state index < -0.39 is 0 Å². The molecule has 5 heteroatoms. The average molecular weight is 221 g/mol. The summed E-state index contributed by atoms with van der Waals surface area (Å²) in [5, 5.41) is 3.30. The van der Waals surface area contributed by atoms with Crippen molar-refractivity contribution in [3.05, 3.63) is 22.1 Å². The molecule has 0 spiro atoms. The smallest absolute Gasteiger partial charge is 0.273 e. The number of ether oxygens (including phenoxy) is 1. The van der Waals surface area contributed by atoms with Crippen LogP contribution in [0.2, 0.25) is 0 Å². The minimum absolute atomic E-state index is 0.00458. The lowest BCUT2D eigenvalue weighted by Crippen LogP contribution is -2.39. The first kappa shape index (κ1) is 9.72. The van der Waals surface area contributed by atoms with E-state index in [0.717, 1.165) is 37.4 Å². The predicted molar refractivity (Wildman–Crippen MR) is 62.3 cm³/mol. The molecule has 0 unspecified atom stereocenters. The Morgan fingerprint density at radius 3 is 2.94 bits per heavy atom. The number of aromatic nitrogens is 1. The van der Waals surface area contributed by atoms with Crippen molar-refractivity contribution < 1.29 is 4.74 Å². The van der Waals surface area contributed by atoms with Gasteiger partial charge in [0.1, 0.15) is 5.69 Å². The van der Waals surface area contributed by atoms with Crippen LogP contribution in [0, 0.1) is 0 Å². The summed E-state index contributed by atoms with van der Waals surface area (Å²) in [7, 11) is 0. The molecule has 0 aromatic carbocycles. The van der Waals surface area contributed by atoms with Gasteiger partial charge in [-0.05, 0) is 12.0 Å². The Morgan fingerprint density at radius 1 is 1.31 bits per heavy atom. The highest BCUT2D eigenvalue weighted by Gasteiger charge is 2.22. The Morgan fingerprint density at radius 2 is 2.12 bits per heavy atom. The molecule has 86 valence electrons. The lowest BCUT2D eigenvalue weighted by molar-refractivity contribution is 0.122. The number of H-pyrrole nitrogens is 1. The molecule has 2 aliphatic rings. The van der Waals surface area contributed by atoms with Crippen LogP contribution in [-0.4, -0.2) is 37.8 Å². The number of aromatic amines is 1. The normalized spacial score (nSPS) is 19.4. The second kappa shape index (κ2) is 3.83. The third-order valence-electron chi connectivity index (χ3n) is 3.17. The molecular formula is C11H15N3O2. The second-order valence-corrected chi connectivity index (χ2v) is 4.14. The van der Waals surface area contributed by atoms with Crippen LogP contribution in [-0.2, 0) is 11.2 Å². The largest absolute Gasteiger partial charge is 0.383 e. The number of nitrogens with one attached hydrogen (secondary N) is 2. The lowest BCUT2D eigenvalue weighted by Gasteiger charge is -2.29. The van der Waals surface area contributed by atoms with Crippen LogP contribution in [0.15, 0.2) is 11.0 Å². The van der Waals surface area contributed by atoms with Gasteiger partial charge in [0.2, 0.25) is 0 Å². The zero-order valence-electron chi connectivity index (χ0n) is 9.08. The molecule has 0 saturated carbocycles. The van der Waals surface area contributed by atoms with Crippen molar-refractivity contribution in [2.24, 2.45) is 0 Å². The molecule has 0 aliphatic carbocycles. The highest BCUT2D eigenvalue weighted by molar-refractivity contribution is 5.74. The molecule has 3 rings (SSSR count). The van der Waals surface area contributed by atoms with E-state index in [-0.39, 0.29) is 5.56 Å². The van der Waals surface area contributed by atoms with Crippen molar-refractivity contribution in [3.63, 3.8) is 0 Å². The Hall–Kier alpha value is -1.49. The number of rotatable bonds is 1. The summed E-state index contributed by atoms with van der Waals surface area (Å²) in [6.07, 6.45) is 2.81. The highest BCUT2D eigenvalue weighted by Crippen LogP contribution is 2.29. The van der Waals surface area contributed by atoms with Crippen LogP contribution in [0.4, 0.5) is 11.4 Å². The third-order valence-corrected chi connectivity index (χ3v) is 3.17. The molecule has 0 amide bonds. The maximum absolute atomic E-state index is 11.9. The minimum Gasteiger partial charge on any atom is -0.383 e. The summed E-state index contributed by atoms with van der Waals surface area (Å²) >= 11 is 0. The second-order valence-electron chi connectivity index (χ2n) is 4.14. The first-order valence-electron chi connectivity index (χ1n) is 5.67. The number of hydrogen-bond donors (Lipinski definition) is 2. The van der Waals surface area contributed by atoms with E-state index in [1.807, 2.05) is 6.20 Å². The molecule has 1 fully saturated rings. The van der Waals surface area contributed by atoms with Gasteiger partial charge in [-0.3, -0.25) is 4.79 Å². The zero-order chi connectivity index (χ0) is 11.0. The Bertz CT molecular complexity index is 449. The molecule has 2 aliphatic heterocycles. The quantitative estimate of drug-likeness (QED) is 0.710. The number of pyridine rings is 1. The number of fused-ring (bicyclic) bond motifs is 1. The molecule has 1 aromatic rings. The van der Waals surface area contributed by atoms with E-state index in [1.54, 1.807) is 0 Å². The predicted octanol–water partition coefficient (Wildman–Crippen LogP) is 0.179. The van der Waals surface area contributed by atoms with Gasteiger partial charge < -0.3 is 19.9 Å². The van der Waals surface area contributed by atoms with Crippen LogP contribution in [0.1, 0.15) is 5.56 Å². The van der Waals surface area contributed by atoms with Crippen molar-refractivity contribution in [2.45, 2.75) is 6.42 Å². The maximum atomic E-state index is 11.9. The van der Waals surface area contributed by atoms with Gasteiger partial charge in [0, 0.05) is 25.8 Å². The van der Waals surface area contributed by atoms with Gasteiger partial charge in [0.25, 0.3) is 5.56 Å². The average Bonchev–Trinajstić information content (AvgIpc) is 2.78. The fourth-order valence-electron chi connectivity index (χ4n) is 2.36. The molecule has 0 bridgehead atoms. The van der Waals surface area contributed by atoms with Crippen molar-refractivity contribution in [2.75, 3.05) is 43.1 Å². The van der Waals surface area contributed by atoms with Gasteiger partial charge in [-0.2, -0.15) is 0 Å². The lowest BCUT2D eigenvalue weighted by atomic mass is 10.2. The topological polar surface area (TPSA) is 57.4 Å². The highest BCUT2D eigenvalue weighted by atomic mass is 16.5. The molecule has 0 atom stereocenters. The molecule has 0 radical (unpaired) electrons. The van der Waals surface area contributed by atoms with Crippen LogP contribution < -0.4 is 15.8 Å². The van der Waals surface area contributed by atoms with Gasteiger partial charge in [-0.1, -0.05) is 0 Å². The molecule has 1 aromatic heterocycles. The van der Waals surface area contributed by atoms with Gasteiger partial charge in [-0.25, -0.2) is 0 Å². The van der Waals surface area contributed by atoms with Gasteiger partial charge in [0.15, 0.2) is 0 Å². The summed E-state index contributed by atoms with van der Waals surface area (Å²) in [4.78, 5) is 16.8. The van der Waals surface area contributed by atoms with E-state index in [4.69, 9.17) is 4.74 Å². The summed E-state index contributed by atoms with van der Waals surface area (Å²) in [5.41, 5.74) is 3.01. The Balaban J connectivity index is 2.04. The SMILES string of the molecule is O=c1[nH]cc2c(c1N1CCOCC1)NCC2. The van der Waals surface area contributed by atoms with Crippen LogP contribution in [0.25, 0.3) is 0 Å². The minimum atomic E-state index is -0.00458. The van der Waals surface area contributed by atoms with Crippen molar-refractivity contribution in [1.29, 1.82) is 0 Å². The van der Waals surface area contributed by atoms with E-state index in [2.05, 4.69) is 15.2 Å². The molecule has 2 N–H and O–H groups in total. The van der Waals surface area contributed by atoms with Crippen molar-refractivity contribution in [3.8, 4) is 0 Å². The molecular weight excluding hydrogens is 206 g/mol. The summed E-state index contributed by atoms with van der Waals surface area (Å²) in [5.74, 6) is 0. The van der Waals surface area contributed by atoms with Crippen LogP contribution >= 0.6 is 0 Å². The summed E-state index contributed by atoms with van der Waals surface area (Å²) in [6, 6.07) is 0. The summed E-state index contributed by atoms with van der Waals surface area (Å²) < 4.78 is 5.31. The summed E-state index contributed by atoms with van der Waals surface area (Å²) in [6.45, 7) is 3.90. The molecule has 16 heavy (non-hydrogen) atoms. The van der Waals surface area contributed by atoms with Crippen LogP contribution in [0.5, 0.6) is 0 Å². The third kappa shape index (κ3) is 1.48. The van der Waals surface area contributed by atoms with Gasteiger partial charge in [0.05, 0.1) is 18.9 Å². The van der Waals surface area contributed by atoms with E-state index in [1.165, 1.54) is 5.56 Å². The number of hydrogen-bond acceptors (Lipinski definition) is 4. The van der Waals surface area contributed by atoms with E-state index >= 15 is 0 Å². The Kier molecular flexibility index (Phi) is 2.32. The van der Waals surface area contributed by atoms with E-state index in [0.29, 0.717) is 13.2 Å². The van der Waals surface area contributed by atoms with Crippen molar-refractivity contribution >= 4 is 11.4 Å². The maximum Gasteiger partial charge on any atom is 0.273 e. The van der Waals surface area contributed by atoms with Gasteiger partial charge >= 0.3 is 0 Å². The number of anilines is 2. The Labute approximate surface area is 93.4 Å². The molecule has 5 nitrogen and oxygen atoms in total. The monoisotopic (exact) mass is 221 g/mol. The first-order valence-corrected chi connectivity index (χ1v) is 5.67. The number of nitrogens with zero attached hydrogens (tertiary/aromatic N) is 1. The standard InChI is InChI=1S/C11H15N3O2/c15-11-10(14-3-5-16-6-4-14)9-8(7-13-11)1-2-12-9/h7,12H,1-6H2,(H,13,15). The first-order chi connectivity index (χ1) is 7.86. The zero-order valence-corrected chi connectivity index (χ0v) is 9.08. The number of morpholine rings is 1. The fraction of sp³-hybridized carbons (Fsp3) is 0.545. The fourth-order valence-corrected chi connectivity index (χ4v) is 2.36.